The van der Waals surface area contributed by atoms with Crippen molar-refractivity contribution in [2.24, 2.45) is 7.05 Å². The summed E-state index contributed by atoms with van der Waals surface area (Å²) >= 11 is 0. The van der Waals surface area contributed by atoms with Crippen LogP contribution in [0.25, 0.3) is 11.3 Å². The Morgan fingerprint density at radius 1 is 1.23 bits per heavy atom. The molecule has 0 aliphatic rings. The third-order valence-electron chi connectivity index (χ3n) is 1.96. The Kier molecular flexibility index (Phi) is 1.85. The van der Waals surface area contributed by atoms with Gasteiger partial charge in [0.2, 0.25) is 0 Å². The van der Waals surface area contributed by atoms with Crippen molar-refractivity contribution in [3.05, 3.63) is 42.6 Å². The molecule has 66 valence electrons. The van der Waals surface area contributed by atoms with E-state index in [0.29, 0.717) is 0 Å². The van der Waals surface area contributed by atoms with Crippen LogP contribution >= 0.6 is 0 Å². The smallest absolute Gasteiger partial charge is 0.123 e. The van der Waals surface area contributed by atoms with Crippen molar-refractivity contribution in [2.45, 2.75) is 0 Å². The van der Waals surface area contributed by atoms with E-state index in [1.807, 2.05) is 11.6 Å². The highest BCUT2D eigenvalue weighted by atomic mass is 19.1. The lowest BCUT2D eigenvalue weighted by Crippen LogP contribution is -1.88. The normalized spacial score (nSPS) is 10.3. The van der Waals surface area contributed by atoms with Gasteiger partial charge in [-0.2, -0.15) is 0 Å². The Hall–Kier alpha value is -1.64. The zero-order valence-corrected chi connectivity index (χ0v) is 7.24. The van der Waals surface area contributed by atoms with Crippen LogP contribution in [-0.2, 0) is 7.05 Å². The molecule has 1 aromatic carbocycles. The predicted molar refractivity (Wildman–Crippen MR) is 48.6 cm³/mol. The van der Waals surface area contributed by atoms with Gasteiger partial charge in [-0.25, -0.2) is 9.37 Å². The van der Waals surface area contributed by atoms with Crippen molar-refractivity contribution in [3.63, 3.8) is 0 Å². The molecule has 2 aromatic rings. The highest BCUT2D eigenvalue weighted by Crippen LogP contribution is 2.17. The molecule has 0 amide bonds. The number of nitrogens with zero attached hydrogens (tertiary/aromatic N) is 2. The fourth-order valence-corrected chi connectivity index (χ4v) is 1.26. The van der Waals surface area contributed by atoms with Crippen molar-refractivity contribution in [3.8, 4) is 11.3 Å². The molecule has 0 spiro atoms. The van der Waals surface area contributed by atoms with Gasteiger partial charge in [0.25, 0.3) is 0 Å². The molecule has 1 heterocycles. The topological polar surface area (TPSA) is 17.8 Å². The lowest BCUT2D eigenvalue weighted by atomic mass is 10.2. The minimum absolute atomic E-state index is 0.217. The summed E-state index contributed by atoms with van der Waals surface area (Å²) in [6.45, 7) is 0. The summed E-state index contributed by atoms with van der Waals surface area (Å²) in [7, 11) is 1.91. The fraction of sp³-hybridized carbons (Fsp3) is 0.100. The zero-order valence-electron chi connectivity index (χ0n) is 7.24. The number of benzene rings is 1. The van der Waals surface area contributed by atoms with Crippen molar-refractivity contribution < 1.29 is 4.39 Å². The summed E-state index contributed by atoms with van der Waals surface area (Å²) < 4.78 is 14.5. The minimum Gasteiger partial charge on any atom is -0.334 e. The van der Waals surface area contributed by atoms with Crippen LogP contribution in [0.2, 0.25) is 0 Å². The van der Waals surface area contributed by atoms with E-state index in [2.05, 4.69) is 4.98 Å². The Bertz CT molecular complexity index is 403. The van der Waals surface area contributed by atoms with Gasteiger partial charge in [-0.1, -0.05) is 0 Å². The number of rotatable bonds is 1. The van der Waals surface area contributed by atoms with E-state index in [9.17, 15) is 4.39 Å². The summed E-state index contributed by atoms with van der Waals surface area (Å²) in [5.74, 6) is -0.217. The molecule has 2 nitrogen and oxygen atoms in total. The van der Waals surface area contributed by atoms with E-state index in [1.165, 1.54) is 12.1 Å². The summed E-state index contributed by atoms with van der Waals surface area (Å²) in [5.41, 5.74) is 1.96. The van der Waals surface area contributed by atoms with E-state index in [-0.39, 0.29) is 5.82 Å². The molecule has 0 saturated heterocycles. The summed E-state index contributed by atoms with van der Waals surface area (Å²) in [6.07, 6.45) is 3.48. The highest BCUT2D eigenvalue weighted by Gasteiger charge is 2.00. The number of hydrogen-bond donors (Lipinski definition) is 0. The van der Waals surface area contributed by atoms with E-state index in [1.54, 1.807) is 24.7 Å². The molecule has 0 radical (unpaired) electrons. The van der Waals surface area contributed by atoms with Gasteiger partial charge in [0.1, 0.15) is 5.82 Å². The monoisotopic (exact) mass is 176 g/mol. The fourth-order valence-electron chi connectivity index (χ4n) is 1.26. The van der Waals surface area contributed by atoms with Crippen LogP contribution < -0.4 is 0 Å². The Balaban J connectivity index is 2.47. The van der Waals surface area contributed by atoms with Crippen LogP contribution in [0.15, 0.2) is 36.8 Å². The van der Waals surface area contributed by atoms with Gasteiger partial charge in [0.05, 0.1) is 18.2 Å². The molecule has 1 aromatic heterocycles. The van der Waals surface area contributed by atoms with Crippen LogP contribution in [0.4, 0.5) is 4.39 Å². The third kappa shape index (κ3) is 1.45. The second-order valence-electron chi connectivity index (χ2n) is 2.90. The van der Waals surface area contributed by atoms with E-state index >= 15 is 0 Å². The maximum absolute atomic E-state index is 12.6. The second kappa shape index (κ2) is 3.01. The van der Waals surface area contributed by atoms with Crippen molar-refractivity contribution in [2.75, 3.05) is 0 Å². The van der Waals surface area contributed by atoms with Gasteiger partial charge in [-0.3, -0.25) is 0 Å². The second-order valence-corrected chi connectivity index (χ2v) is 2.90. The highest BCUT2D eigenvalue weighted by molar-refractivity contribution is 5.58. The molecule has 0 atom stereocenters. The van der Waals surface area contributed by atoms with Crippen molar-refractivity contribution >= 4 is 0 Å². The molecular formula is C10H9FN2. The first kappa shape index (κ1) is 7.98. The van der Waals surface area contributed by atoms with Crippen molar-refractivity contribution in [1.29, 1.82) is 0 Å². The van der Waals surface area contributed by atoms with Gasteiger partial charge in [-0.05, 0) is 29.8 Å². The van der Waals surface area contributed by atoms with Crippen LogP contribution in [0.1, 0.15) is 0 Å². The lowest BCUT2D eigenvalue weighted by molar-refractivity contribution is 0.628. The molecule has 0 N–H and O–H groups in total. The first-order chi connectivity index (χ1) is 6.27. The summed E-state index contributed by atoms with van der Waals surface area (Å²) in [4.78, 5) is 3.99. The van der Waals surface area contributed by atoms with Crippen LogP contribution in [0.5, 0.6) is 0 Å². The Labute approximate surface area is 75.7 Å². The average molecular weight is 176 g/mol. The number of imidazole rings is 1. The zero-order chi connectivity index (χ0) is 9.26. The first-order valence-electron chi connectivity index (χ1n) is 3.99. The maximum atomic E-state index is 12.6. The quantitative estimate of drug-likeness (QED) is 0.651. The molecule has 0 fully saturated rings. The Morgan fingerprint density at radius 3 is 2.46 bits per heavy atom. The van der Waals surface area contributed by atoms with Crippen LogP contribution in [0.3, 0.4) is 0 Å². The molecule has 13 heavy (non-hydrogen) atoms. The van der Waals surface area contributed by atoms with Crippen LogP contribution in [0, 0.1) is 5.82 Å². The SMILES string of the molecule is Cn1cncc1-c1ccc(F)cc1. The standard InChI is InChI=1S/C10H9FN2/c1-13-7-12-6-10(13)8-2-4-9(11)5-3-8/h2-7H,1H3. The van der Waals surface area contributed by atoms with E-state index < -0.39 is 0 Å². The van der Waals surface area contributed by atoms with Gasteiger partial charge < -0.3 is 4.57 Å². The molecule has 2 rings (SSSR count). The number of halogens is 1. The predicted octanol–water partition coefficient (Wildman–Crippen LogP) is 2.23. The first-order valence-corrected chi connectivity index (χ1v) is 3.99. The van der Waals surface area contributed by atoms with Gasteiger partial charge in [0.15, 0.2) is 0 Å². The molecular weight excluding hydrogens is 167 g/mol. The number of hydrogen-bond acceptors (Lipinski definition) is 1. The number of aromatic nitrogens is 2. The van der Waals surface area contributed by atoms with Gasteiger partial charge in [-0.15, -0.1) is 0 Å². The Morgan fingerprint density at radius 2 is 1.92 bits per heavy atom. The lowest BCUT2D eigenvalue weighted by Gasteiger charge is -2.00. The molecule has 0 aliphatic carbocycles. The molecule has 0 unspecified atom stereocenters. The molecule has 3 heteroatoms. The van der Waals surface area contributed by atoms with E-state index in [0.717, 1.165) is 11.3 Å². The van der Waals surface area contributed by atoms with Gasteiger partial charge >= 0.3 is 0 Å². The molecule has 0 aliphatic heterocycles. The number of aryl methyl sites for hydroxylation is 1. The van der Waals surface area contributed by atoms with E-state index in [4.69, 9.17) is 0 Å². The van der Waals surface area contributed by atoms with Gasteiger partial charge in [0, 0.05) is 7.05 Å². The van der Waals surface area contributed by atoms with Crippen LogP contribution in [-0.4, -0.2) is 9.55 Å². The maximum Gasteiger partial charge on any atom is 0.123 e. The molecule has 0 saturated carbocycles. The van der Waals surface area contributed by atoms with Crippen molar-refractivity contribution in [1.82, 2.24) is 9.55 Å². The molecule has 0 bridgehead atoms. The minimum atomic E-state index is -0.217. The average Bonchev–Trinajstić information content (AvgIpc) is 2.53. The summed E-state index contributed by atoms with van der Waals surface area (Å²) in [5, 5.41) is 0. The largest absolute Gasteiger partial charge is 0.334 e. The third-order valence-corrected chi connectivity index (χ3v) is 1.96. The summed E-state index contributed by atoms with van der Waals surface area (Å²) in [6, 6.07) is 6.38.